The number of aryl methyl sites for hydroxylation is 1. The van der Waals surface area contributed by atoms with Crippen LogP contribution in [0.15, 0.2) is 42.7 Å². The highest BCUT2D eigenvalue weighted by Gasteiger charge is 2.05. The van der Waals surface area contributed by atoms with E-state index >= 15 is 0 Å². The summed E-state index contributed by atoms with van der Waals surface area (Å²) in [6, 6.07) is 9.55. The Morgan fingerprint density at radius 1 is 1.10 bits per heavy atom. The Morgan fingerprint density at radius 2 is 2.00 bits per heavy atom. The van der Waals surface area contributed by atoms with Crippen LogP contribution in [0.3, 0.4) is 0 Å². The van der Waals surface area contributed by atoms with E-state index in [-0.39, 0.29) is 0 Å². The molecule has 4 nitrogen and oxygen atoms in total. The van der Waals surface area contributed by atoms with Crippen molar-refractivity contribution in [3.63, 3.8) is 0 Å². The van der Waals surface area contributed by atoms with Crippen LogP contribution in [0, 0.1) is 6.92 Å². The standard InChI is InChI=1S/C15H13ClN4/c1-10-17-8-6-11(20-10)9-19-14-5-4-13(16)12-3-2-7-18-15(12)14/h2-8,19H,9H2,1H3. The Bertz CT molecular complexity index is 758. The van der Waals surface area contributed by atoms with Gasteiger partial charge in [-0.25, -0.2) is 9.97 Å². The van der Waals surface area contributed by atoms with Crippen molar-refractivity contribution in [2.75, 3.05) is 5.32 Å². The van der Waals surface area contributed by atoms with Gasteiger partial charge >= 0.3 is 0 Å². The van der Waals surface area contributed by atoms with Gasteiger partial charge in [0.2, 0.25) is 0 Å². The summed E-state index contributed by atoms with van der Waals surface area (Å²) in [7, 11) is 0. The summed E-state index contributed by atoms with van der Waals surface area (Å²) >= 11 is 6.18. The van der Waals surface area contributed by atoms with Gasteiger partial charge < -0.3 is 5.32 Å². The van der Waals surface area contributed by atoms with Crippen LogP contribution in [0.2, 0.25) is 5.02 Å². The first-order chi connectivity index (χ1) is 9.74. The van der Waals surface area contributed by atoms with Crippen LogP contribution in [0.1, 0.15) is 11.5 Å². The fourth-order valence-electron chi connectivity index (χ4n) is 2.07. The molecule has 2 aromatic heterocycles. The maximum Gasteiger partial charge on any atom is 0.125 e. The molecule has 0 aliphatic rings. The van der Waals surface area contributed by atoms with E-state index in [9.17, 15) is 0 Å². The molecular formula is C15H13ClN4. The van der Waals surface area contributed by atoms with Crippen molar-refractivity contribution < 1.29 is 0 Å². The zero-order valence-electron chi connectivity index (χ0n) is 11.0. The van der Waals surface area contributed by atoms with Gasteiger partial charge in [0.05, 0.1) is 28.5 Å². The summed E-state index contributed by atoms with van der Waals surface area (Å²) < 4.78 is 0. The zero-order valence-corrected chi connectivity index (χ0v) is 11.7. The Hall–Kier alpha value is -2.20. The highest BCUT2D eigenvalue weighted by atomic mass is 35.5. The van der Waals surface area contributed by atoms with E-state index in [1.54, 1.807) is 12.4 Å². The van der Waals surface area contributed by atoms with Gasteiger partial charge in [0.15, 0.2) is 0 Å². The monoisotopic (exact) mass is 284 g/mol. The fraction of sp³-hybridized carbons (Fsp3) is 0.133. The number of nitrogens with zero attached hydrogens (tertiary/aromatic N) is 3. The quantitative estimate of drug-likeness (QED) is 0.798. The second-order valence-electron chi connectivity index (χ2n) is 4.44. The van der Waals surface area contributed by atoms with E-state index in [1.165, 1.54) is 0 Å². The summed E-state index contributed by atoms with van der Waals surface area (Å²) in [6.45, 7) is 2.50. The molecule has 3 aromatic rings. The van der Waals surface area contributed by atoms with Crippen LogP contribution in [0.4, 0.5) is 5.69 Å². The third-order valence-corrected chi connectivity index (χ3v) is 3.34. The minimum absolute atomic E-state index is 0.622. The van der Waals surface area contributed by atoms with E-state index in [4.69, 9.17) is 11.6 Å². The molecule has 1 aromatic carbocycles. The molecule has 0 aliphatic heterocycles. The van der Waals surface area contributed by atoms with Crippen molar-refractivity contribution in [3.8, 4) is 0 Å². The van der Waals surface area contributed by atoms with Crippen molar-refractivity contribution in [2.45, 2.75) is 13.5 Å². The van der Waals surface area contributed by atoms with Crippen molar-refractivity contribution in [2.24, 2.45) is 0 Å². The summed E-state index contributed by atoms with van der Waals surface area (Å²) in [5.74, 6) is 0.767. The van der Waals surface area contributed by atoms with Crippen LogP contribution in [0.25, 0.3) is 10.9 Å². The SMILES string of the molecule is Cc1nccc(CNc2ccc(Cl)c3cccnc23)n1. The van der Waals surface area contributed by atoms with Crippen LogP contribution < -0.4 is 5.32 Å². The number of hydrogen-bond acceptors (Lipinski definition) is 4. The molecule has 20 heavy (non-hydrogen) atoms. The predicted octanol–water partition coefficient (Wildman–Crippen LogP) is 3.60. The number of pyridine rings is 1. The molecule has 0 spiro atoms. The first-order valence-corrected chi connectivity index (χ1v) is 6.67. The lowest BCUT2D eigenvalue weighted by Crippen LogP contribution is -2.04. The Labute approximate surface area is 121 Å². The van der Waals surface area contributed by atoms with Crippen LogP contribution in [0.5, 0.6) is 0 Å². The van der Waals surface area contributed by atoms with Gasteiger partial charge in [-0.2, -0.15) is 0 Å². The van der Waals surface area contributed by atoms with Gasteiger partial charge in [0.25, 0.3) is 0 Å². The summed E-state index contributed by atoms with van der Waals surface area (Å²) in [5.41, 5.74) is 2.75. The van der Waals surface area contributed by atoms with Crippen molar-refractivity contribution in [1.29, 1.82) is 0 Å². The van der Waals surface area contributed by atoms with Gasteiger partial charge in [0.1, 0.15) is 5.82 Å². The summed E-state index contributed by atoms with van der Waals surface area (Å²) in [6.07, 6.45) is 3.52. The third kappa shape index (κ3) is 2.56. The van der Waals surface area contributed by atoms with Crippen molar-refractivity contribution in [1.82, 2.24) is 15.0 Å². The molecule has 0 unspecified atom stereocenters. The molecule has 3 rings (SSSR count). The minimum Gasteiger partial charge on any atom is -0.378 e. The lowest BCUT2D eigenvalue weighted by molar-refractivity contribution is 0.956. The molecule has 0 saturated carbocycles. The Balaban J connectivity index is 1.90. The number of anilines is 1. The Morgan fingerprint density at radius 3 is 2.85 bits per heavy atom. The maximum atomic E-state index is 6.18. The molecule has 0 saturated heterocycles. The van der Waals surface area contributed by atoms with Crippen molar-refractivity contribution >= 4 is 28.2 Å². The molecule has 100 valence electrons. The predicted molar refractivity (Wildman–Crippen MR) is 80.8 cm³/mol. The van der Waals surface area contributed by atoms with E-state index in [0.717, 1.165) is 28.1 Å². The minimum atomic E-state index is 0.622. The second kappa shape index (κ2) is 5.43. The third-order valence-electron chi connectivity index (χ3n) is 3.01. The topological polar surface area (TPSA) is 50.7 Å². The number of rotatable bonds is 3. The fourth-order valence-corrected chi connectivity index (χ4v) is 2.29. The van der Waals surface area contributed by atoms with Crippen LogP contribution in [-0.2, 0) is 6.54 Å². The molecule has 0 radical (unpaired) electrons. The van der Waals surface area contributed by atoms with Crippen LogP contribution >= 0.6 is 11.6 Å². The second-order valence-corrected chi connectivity index (χ2v) is 4.85. The molecule has 5 heteroatoms. The number of nitrogens with one attached hydrogen (secondary N) is 1. The first-order valence-electron chi connectivity index (χ1n) is 6.29. The molecule has 1 N–H and O–H groups in total. The van der Waals surface area contributed by atoms with Gasteiger partial charge in [-0.15, -0.1) is 0 Å². The number of aromatic nitrogens is 3. The lowest BCUT2D eigenvalue weighted by atomic mass is 10.2. The van der Waals surface area contributed by atoms with Gasteiger partial charge in [-0.1, -0.05) is 11.6 Å². The maximum absolute atomic E-state index is 6.18. The molecular weight excluding hydrogens is 272 g/mol. The molecule has 0 amide bonds. The number of benzene rings is 1. The van der Waals surface area contributed by atoms with Gasteiger partial charge in [0, 0.05) is 17.8 Å². The summed E-state index contributed by atoms with van der Waals surface area (Å²) in [4.78, 5) is 12.8. The Kier molecular flexibility index (Phi) is 3.48. The normalized spacial score (nSPS) is 10.7. The van der Waals surface area contributed by atoms with E-state index < -0.39 is 0 Å². The van der Waals surface area contributed by atoms with E-state index in [1.807, 2.05) is 37.3 Å². The highest BCUT2D eigenvalue weighted by Crippen LogP contribution is 2.28. The van der Waals surface area contributed by atoms with Crippen molar-refractivity contribution in [3.05, 3.63) is 59.3 Å². The smallest absolute Gasteiger partial charge is 0.125 e. The number of halogens is 1. The molecule has 2 heterocycles. The zero-order chi connectivity index (χ0) is 13.9. The van der Waals surface area contributed by atoms with Crippen LogP contribution in [-0.4, -0.2) is 15.0 Å². The lowest BCUT2D eigenvalue weighted by Gasteiger charge is -2.09. The highest BCUT2D eigenvalue weighted by molar-refractivity contribution is 6.35. The average molecular weight is 285 g/mol. The average Bonchev–Trinajstić information content (AvgIpc) is 2.47. The molecule has 0 bridgehead atoms. The molecule has 0 atom stereocenters. The summed E-state index contributed by atoms with van der Waals surface area (Å²) in [5, 5.41) is 4.99. The van der Waals surface area contributed by atoms with Gasteiger partial charge in [-0.05, 0) is 37.3 Å². The molecule has 0 fully saturated rings. The largest absolute Gasteiger partial charge is 0.378 e. The first kappa shape index (κ1) is 12.8. The van der Waals surface area contributed by atoms with Gasteiger partial charge in [-0.3, -0.25) is 4.98 Å². The number of fused-ring (bicyclic) bond motifs is 1. The van der Waals surface area contributed by atoms with E-state index in [2.05, 4.69) is 20.3 Å². The number of hydrogen-bond donors (Lipinski definition) is 1. The molecule has 0 aliphatic carbocycles. The van der Waals surface area contributed by atoms with E-state index in [0.29, 0.717) is 11.6 Å².